The minimum absolute atomic E-state index is 0.0169. The van der Waals surface area contributed by atoms with Crippen molar-refractivity contribution in [2.45, 2.75) is 34.0 Å². The van der Waals surface area contributed by atoms with Crippen LogP contribution < -0.4 is 27.9 Å². The van der Waals surface area contributed by atoms with Gasteiger partial charge in [-0.05, 0) is 39.0 Å². The number of hydrogen-bond donors (Lipinski definition) is 1. The van der Waals surface area contributed by atoms with Gasteiger partial charge in [0, 0.05) is 34.4 Å². The number of rotatable bonds is 16. The number of carbonyl (C=O) groups is 3. The predicted octanol–water partition coefficient (Wildman–Crippen LogP) is 6.74. The van der Waals surface area contributed by atoms with Gasteiger partial charge in [0.15, 0.2) is 46.0 Å². The van der Waals surface area contributed by atoms with Gasteiger partial charge in [0.25, 0.3) is 0 Å². The van der Waals surface area contributed by atoms with Gasteiger partial charge >= 0.3 is 28.3 Å². The maximum Gasteiger partial charge on any atom is 0.446 e. The van der Waals surface area contributed by atoms with Gasteiger partial charge in [-0.1, -0.05) is 0 Å². The molecule has 0 saturated carbocycles. The lowest BCUT2D eigenvalue weighted by Gasteiger charge is -2.11. The molecule has 0 saturated heterocycles. The van der Waals surface area contributed by atoms with E-state index in [1.165, 1.54) is 39.5 Å². The van der Waals surface area contributed by atoms with Crippen molar-refractivity contribution >= 4 is 61.2 Å². The van der Waals surface area contributed by atoms with Crippen LogP contribution in [0.5, 0.6) is 34.5 Å². The van der Waals surface area contributed by atoms with E-state index in [0.717, 1.165) is 13.2 Å². The third-order valence-corrected chi connectivity index (χ3v) is 8.90. The summed E-state index contributed by atoms with van der Waals surface area (Å²) in [4.78, 5) is 39.2. The monoisotopic (exact) mass is 812 g/mol. The highest BCUT2D eigenvalue weighted by Gasteiger charge is 2.29. The van der Waals surface area contributed by atoms with Gasteiger partial charge in [-0.2, -0.15) is 8.42 Å². The van der Waals surface area contributed by atoms with E-state index in [2.05, 4.69) is 4.18 Å². The first kappa shape index (κ1) is 40.1. The quantitative estimate of drug-likeness (QED) is 0.0606. The highest BCUT2D eigenvalue weighted by atomic mass is 32.3. The van der Waals surface area contributed by atoms with Crippen LogP contribution in [0.4, 0.5) is 0 Å². The van der Waals surface area contributed by atoms with E-state index >= 15 is 0 Å². The van der Waals surface area contributed by atoms with Crippen LogP contribution in [0.15, 0.2) is 49.6 Å². The molecule has 302 valence electrons. The summed E-state index contributed by atoms with van der Waals surface area (Å²) in [5.74, 6) is -1.64. The molecule has 3 aromatic heterocycles. The Labute approximate surface area is 323 Å². The number of hydrogen-bond acceptors (Lipinski definition) is 17. The Morgan fingerprint density at radius 1 is 0.579 bits per heavy atom. The molecule has 0 unspecified atom stereocenters. The van der Waals surface area contributed by atoms with Crippen LogP contribution in [-0.2, 0) is 37.8 Å². The van der Waals surface area contributed by atoms with E-state index in [4.69, 9.17) is 51.1 Å². The number of carbonyl (C=O) groups excluding carboxylic acids is 3. The first-order valence-corrected chi connectivity index (χ1v) is 18.3. The van der Waals surface area contributed by atoms with E-state index in [1.807, 2.05) is 0 Å². The largest absolute Gasteiger partial charge is 0.493 e. The Bertz CT molecular complexity index is 2630. The Morgan fingerprint density at radius 2 is 0.982 bits per heavy atom. The van der Waals surface area contributed by atoms with Gasteiger partial charge in [0.2, 0.25) is 0 Å². The second-order valence-electron chi connectivity index (χ2n) is 11.9. The molecule has 6 rings (SSSR count). The summed E-state index contributed by atoms with van der Waals surface area (Å²) < 4.78 is 98.8. The minimum atomic E-state index is -4.97. The van der Waals surface area contributed by atoms with E-state index in [1.54, 1.807) is 32.9 Å². The van der Waals surface area contributed by atoms with Crippen molar-refractivity contribution < 1.29 is 82.7 Å². The topological polar surface area (TPSA) is 228 Å². The van der Waals surface area contributed by atoms with Crippen LogP contribution >= 0.6 is 0 Å². The van der Waals surface area contributed by atoms with Crippen LogP contribution in [-0.4, -0.2) is 72.5 Å². The van der Waals surface area contributed by atoms with Crippen LogP contribution in [0.2, 0.25) is 0 Å². The van der Waals surface area contributed by atoms with Crippen LogP contribution in [0.1, 0.15) is 62.2 Å². The van der Waals surface area contributed by atoms with Gasteiger partial charge in [-0.15, -0.1) is 0 Å². The summed E-state index contributed by atoms with van der Waals surface area (Å²) in [6.07, 6.45) is 0. The second-order valence-corrected chi connectivity index (χ2v) is 12.9. The van der Waals surface area contributed by atoms with Crippen LogP contribution in [0.3, 0.4) is 0 Å². The van der Waals surface area contributed by atoms with E-state index in [9.17, 15) is 27.4 Å². The molecule has 0 fully saturated rings. The maximum atomic E-state index is 13.5. The Kier molecular flexibility index (Phi) is 11.4. The third kappa shape index (κ3) is 7.92. The molecule has 0 radical (unpaired) electrons. The summed E-state index contributed by atoms with van der Waals surface area (Å²) in [5.41, 5.74) is 0.744. The number of benzene rings is 3. The van der Waals surface area contributed by atoms with E-state index in [0.29, 0.717) is 16.7 Å². The molecule has 6 aromatic rings. The molecule has 0 aliphatic rings. The number of furan rings is 3. The van der Waals surface area contributed by atoms with Crippen molar-refractivity contribution in [2.24, 2.45) is 0 Å². The lowest BCUT2D eigenvalue weighted by Crippen LogP contribution is -2.09. The fourth-order valence-corrected chi connectivity index (χ4v) is 6.48. The summed E-state index contributed by atoms with van der Waals surface area (Å²) in [6, 6.07) is 8.46. The molecule has 0 aliphatic carbocycles. The fourth-order valence-electron chi connectivity index (χ4n) is 6.12. The van der Waals surface area contributed by atoms with Crippen LogP contribution in [0, 0.1) is 6.92 Å². The molecule has 57 heavy (non-hydrogen) atoms. The van der Waals surface area contributed by atoms with Gasteiger partial charge < -0.3 is 55.3 Å². The summed E-state index contributed by atoms with van der Waals surface area (Å²) in [7, 11) is 0.202. The first-order chi connectivity index (χ1) is 27.2. The third-order valence-electron chi connectivity index (χ3n) is 8.51. The van der Waals surface area contributed by atoms with Crippen molar-refractivity contribution in [3.63, 3.8) is 0 Å². The second kappa shape index (κ2) is 16.2. The Morgan fingerprint density at radius 3 is 1.42 bits per heavy atom. The summed E-state index contributed by atoms with van der Waals surface area (Å²) in [5, 5.41) is 0.742. The highest BCUT2D eigenvalue weighted by Crippen LogP contribution is 2.42. The molecular formula is C38H36O18S. The Hall–Kier alpha value is -6.60. The number of aryl methyl sites for hydroxylation is 1. The number of esters is 3. The maximum absolute atomic E-state index is 13.5. The molecule has 19 heteroatoms. The zero-order valence-electron chi connectivity index (χ0n) is 31.6. The number of fused-ring (bicyclic) bond motifs is 3. The van der Waals surface area contributed by atoms with Crippen molar-refractivity contribution in [1.82, 2.24) is 0 Å². The van der Waals surface area contributed by atoms with Gasteiger partial charge in [0.05, 0.1) is 41.7 Å². The molecule has 3 heterocycles. The number of ether oxygens (including phenoxy) is 8. The van der Waals surface area contributed by atoms with E-state index < -0.39 is 40.7 Å². The van der Waals surface area contributed by atoms with Gasteiger partial charge in [-0.3, -0.25) is 4.55 Å². The smallest absolute Gasteiger partial charge is 0.446 e. The summed E-state index contributed by atoms with van der Waals surface area (Å²) in [6.45, 7) is 4.45. The molecular weight excluding hydrogens is 776 g/mol. The van der Waals surface area contributed by atoms with Crippen molar-refractivity contribution in [1.29, 1.82) is 0 Å². The minimum Gasteiger partial charge on any atom is -0.493 e. The van der Waals surface area contributed by atoms with Crippen LogP contribution in [0.25, 0.3) is 32.9 Å². The molecule has 0 amide bonds. The number of methoxy groups -OCH3 is 4. The predicted molar refractivity (Wildman–Crippen MR) is 197 cm³/mol. The molecule has 0 aliphatic heterocycles. The normalized spacial score (nSPS) is 11.4. The molecule has 1 N–H and O–H groups in total. The molecule has 3 aromatic carbocycles. The van der Waals surface area contributed by atoms with Crippen molar-refractivity contribution in [2.75, 3.05) is 41.7 Å². The zero-order valence-corrected chi connectivity index (χ0v) is 32.4. The fraction of sp³-hybridized carbons (Fsp3) is 0.289. The van der Waals surface area contributed by atoms with Crippen molar-refractivity contribution in [3.8, 4) is 34.5 Å². The van der Waals surface area contributed by atoms with Gasteiger partial charge in [-0.25, -0.2) is 14.4 Å². The lowest BCUT2D eigenvalue weighted by atomic mass is 10.1. The highest BCUT2D eigenvalue weighted by molar-refractivity contribution is 7.81. The SMILES string of the molecule is CCOC(=O)c1c(C)oc2cc(OC)c(OCc3oc4cc(OC)c(OCc5oc6cc(OC)c(OS(=O)(=O)O)cc6c5C(=O)OC)cc4c3C(=O)OCC)cc12. The standard InChI is InChI=1S/C38H36O18S/c1-8-49-37(40)33-18(3)53-22-13-25(45-4)28(10-19(22)33)52-17-32-35(38(41)50-9-2)20-11-29(26(46-5)14-23(20)55-32)51-16-31-34(36(39)48-7)21-12-30(56-57(42,43)44)27(47-6)15-24(21)54-31/h10-15H,8-9,16-17H2,1-7H3,(H,42,43,44). The first-order valence-electron chi connectivity index (χ1n) is 17.0. The van der Waals surface area contributed by atoms with Crippen molar-refractivity contribution in [3.05, 3.63) is 70.4 Å². The molecule has 0 spiro atoms. The molecule has 18 nitrogen and oxygen atoms in total. The molecule has 0 atom stereocenters. The Balaban J connectivity index is 1.38. The molecule has 0 bridgehead atoms. The zero-order chi connectivity index (χ0) is 41.2. The van der Waals surface area contributed by atoms with E-state index in [-0.39, 0.29) is 98.7 Å². The summed E-state index contributed by atoms with van der Waals surface area (Å²) >= 11 is 0. The average molecular weight is 813 g/mol. The average Bonchev–Trinajstić information content (AvgIpc) is 3.82. The lowest BCUT2D eigenvalue weighted by molar-refractivity contribution is 0.0514. The van der Waals surface area contributed by atoms with Gasteiger partial charge in [0.1, 0.15) is 52.4 Å².